The molecular formula is C14H13N3OS2. The minimum atomic E-state index is 0.505. The third kappa shape index (κ3) is 3.09. The Balaban J connectivity index is 1.57. The van der Waals surface area contributed by atoms with Gasteiger partial charge in [-0.05, 0) is 17.0 Å². The topological polar surface area (TPSA) is 61.0 Å². The van der Waals surface area contributed by atoms with Crippen molar-refractivity contribution in [3.05, 3.63) is 47.3 Å². The van der Waals surface area contributed by atoms with Crippen LogP contribution < -0.4 is 5.73 Å². The van der Waals surface area contributed by atoms with E-state index in [1.54, 1.807) is 11.3 Å². The van der Waals surface area contributed by atoms with Gasteiger partial charge in [-0.2, -0.15) is 0 Å². The fraction of sp³-hybridized carbons (Fsp3) is 0.143. The minimum absolute atomic E-state index is 0.505. The van der Waals surface area contributed by atoms with E-state index in [-0.39, 0.29) is 0 Å². The van der Waals surface area contributed by atoms with E-state index < -0.39 is 0 Å². The van der Waals surface area contributed by atoms with E-state index >= 15 is 0 Å². The molecule has 0 bridgehead atoms. The molecule has 2 N–H and O–H groups in total. The Labute approximate surface area is 125 Å². The molecule has 0 unspecified atom stereocenters. The second-order valence-corrected chi connectivity index (χ2v) is 5.91. The highest BCUT2D eigenvalue weighted by Gasteiger charge is 2.06. The van der Waals surface area contributed by atoms with Gasteiger partial charge in [0.1, 0.15) is 16.6 Å². The summed E-state index contributed by atoms with van der Waals surface area (Å²) >= 11 is 3.02. The standard InChI is InChI=1S/C14H13N3OS2/c15-12-11-6-7-19-13(11)17-14(16-12)20-9-18-8-10-4-2-1-3-5-10/h1-7H,8-9H2,(H2,15,16,17). The Hall–Kier alpha value is -1.63. The molecule has 0 atom stereocenters. The van der Waals surface area contributed by atoms with Crippen LogP contribution >= 0.6 is 23.1 Å². The minimum Gasteiger partial charge on any atom is -0.383 e. The first kappa shape index (κ1) is 13.4. The van der Waals surface area contributed by atoms with Crippen molar-refractivity contribution in [1.29, 1.82) is 0 Å². The van der Waals surface area contributed by atoms with Crippen LogP contribution in [0.25, 0.3) is 10.2 Å². The van der Waals surface area contributed by atoms with Crippen molar-refractivity contribution in [3.63, 3.8) is 0 Å². The zero-order chi connectivity index (χ0) is 13.8. The quantitative estimate of drug-likeness (QED) is 0.338. The summed E-state index contributed by atoms with van der Waals surface area (Å²) in [5.74, 6) is 1.03. The maximum Gasteiger partial charge on any atom is 0.193 e. The number of hydrogen-bond donors (Lipinski definition) is 1. The summed E-state index contributed by atoms with van der Waals surface area (Å²) in [5.41, 5.74) is 7.05. The average Bonchev–Trinajstić information content (AvgIpc) is 2.94. The van der Waals surface area contributed by atoms with E-state index in [4.69, 9.17) is 10.5 Å². The maximum atomic E-state index is 5.90. The summed E-state index contributed by atoms with van der Waals surface area (Å²) in [4.78, 5) is 9.64. The SMILES string of the molecule is Nc1nc(SCOCc2ccccc2)nc2sccc12. The molecule has 0 aliphatic rings. The molecule has 3 rings (SSSR count). The number of fused-ring (bicyclic) bond motifs is 1. The molecule has 0 fully saturated rings. The first-order valence-electron chi connectivity index (χ1n) is 6.08. The number of nitrogens with zero attached hydrogens (tertiary/aromatic N) is 2. The zero-order valence-corrected chi connectivity index (χ0v) is 12.3. The highest BCUT2D eigenvalue weighted by molar-refractivity contribution is 7.99. The van der Waals surface area contributed by atoms with Gasteiger partial charge in [0.25, 0.3) is 0 Å². The van der Waals surface area contributed by atoms with Gasteiger partial charge < -0.3 is 10.5 Å². The van der Waals surface area contributed by atoms with Gasteiger partial charge in [0.05, 0.1) is 12.0 Å². The number of rotatable bonds is 5. The highest BCUT2D eigenvalue weighted by Crippen LogP contribution is 2.26. The summed E-state index contributed by atoms with van der Waals surface area (Å²) < 4.78 is 5.60. The number of nitrogens with two attached hydrogens (primary N) is 1. The van der Waals surface area contributed by atoms with Gasteiger partial charge in [-0.1, -0.05) is 42.1 Å². The molecule has 3 aromatic rings. The van der Waals surface area contributed by atoms with E-state index in [1.165, 1.54) is 11.8 Å². The third-order valence-electron chi connectivity index (χ3n) is 2.72. The molecule has 2 heterocycles. The lowest BCUT2D eigenvalue weighted by molar-refractivity contribution is 0.169. The molecule has 0 radical (unpaired) electrons. The Kier molecular flexibility index (Phi) is 4.15. The van der Waals surface area contributed by atoms with E-state index in [1.807, 2.05) is 41.8 Å². The second kappa shape index (κ2) is 6.21. The Bertz CT molecular complexity index is 700. The van der Waals surface area contributed by atoms with Crippen molar-refractivity contribution in [1.82, 2.24) is 9.97 Å². The average molecular weight is 303 g/mol. The molecule has 1 aromatic carbocycles. The summed E-state index contributed by atoms with van der Waals surface area (Å²) in [6, 6.07) is 12.0. The largest absolute Gasteiger partial charge is 0.383 e. The van der Waals surface area contributed by atoms with Crippen LogP contribution in [0.1, 0.15) is 5.56 Å². The van der Waals surface area contributed by atoms with Gasteiger partial charge in [-0.3, -0.25) is 0 Å². The molecule has 0 amide bonds. The lowest BCUT2D eigenvalue weighted by Gasteiger charge is -2.04. The molecule has 0 aliphatic carbocycles. The number of benzene rings is 1. The van der Waals surface area contributed by atoms with Crippen molar-refractivity contribution in [2.24, 2.45) is 0 Å². The molecule has 0 saturated carbocycles. The van der Waals surface area contributed by atoms with Crippen LogP contribution in [0.2, 0.25) is 0 Å². The lowest BCUT2D eigenvalue weighted by Crippen LogP contribution is -1.97. The molecule has 0 saturated heterocycles. The predicted molar refractivity (Wildman–Crippen MR) is 83.8 cm³/mol. The molecule has 6 heteroatoms. The Morgan fingerprint density at radius 1 is 1.15 bits per heavy atom. The first-order chi connectivity index (χ1) is 9.83. The smallest absolute Gasteiger partial charge is 0.193 e. The van der Waals surface area contributed by atoms with Crippen LogP contribution in [0.5, 0.6) is 0 Å². The second-order valence-electron chi connectivity index (χ2n) is 4.13. The fourth-order valence-electron chi connectivity index (χ4n) is 1.75. The van der Waals surface area contributed by atoms with E-state index in [0.717, 1.165) is 15.8 Å². The number of thioether (sulfide) groups is 1. The number of anilines is 1. The van der Waals surface area contributed by atoms with Crippen LogP contribution in [0.15, 0.2) is 46.9 Å². The first-order valence-corrected chi connectivity index (χ1v) is 7.94. The monoisotopic (exact) mass is 303 g/mol. The predicted octanol–water partition coefficient (Wildman–Crippen LogP) is 3.54. The van der Waals surface area contributed by atoms with Crippen LogP contribution in [-0.4, -0.2) is 15.9 Å². The van der Waals surface area contributed by atoms with Gasteiger partial charge in [-0.15, -0.1) is 11.3 Å². The van der Waals surface area contributed by atoms with Crippen LogP contribution in [0.4, 0.5) is 5.82 Å². The highest BCUT2D eigenvalue weighted by atomic mass is 32.2. The summed E-state index contributed by atoms with van der Waals surface area (Å²) in [7, 11) is 0. The molecule has 4 nitrogen and oxygen atoms in total. The van der Waals surface area contributed by atoms with Gasteiger partial charge >= 0.3 is 0 Å². The Morgan fingerprint density at radius 2 is 2.00 bits per heavy atom. The van der Waals surface area contributed by atoms with Crippen molar-refractivity contribution < 1.29 is 4.74 Å². The number of thiophene rings is 1. The molecule has 2 aromatic heterocycles. The van der Waals surface area contributed by atoms with Gasteiger partial charge in [-0.25, -0.2) is 9.97 Å². The van der Waals surface area contributed by atoms with Crippen molar-refractivity contribution in [3.8, 4) is 0 Å². The van der Waals surface area contributed by atoms with Crippen molar-refractivity contribution in [2.75, 3.05) is 11.7 Å². The summed E-state index contributed by atoms with van der Waals surface area (Å²) in [5, 5.41) is 3.55. The normalized spacial score (nSPS) is 11.0. The number of ether oxygens (including phenoxy) is 1. The molecule has 0 aliphatic heterocycles. The number of hydrogen-bond acceptors (Lipinski definition) is 6. The van der Waals surface area contributed by atoms with Gasteiger partial charge in [0.2, 0.25) is 0 Å². The fourth-order valence-corrected chi connectivity index (χ4v) is 3.17. The van der Waals surface area contributed by atoms with Crippen LogP contribution in [-0.2, 0) is 11.3 Å². The van der Waals surface area contributed by atoms with E-state index in [9.17, 15) is 0 Å². The van der Waals surface area contributed by atoms with Gasteiger partial charge in [0.15, 0.2) is 5.16 Å². The summed E-state index contributed by atoms with van der Waals surface area (Å²) in [6.07, 6.45) is 0. The van der Waals surface area contributed by atoms with Gasteiger partial charge in [0, 0.05) is 0 Å². The molecular weight excluding hydrogens is 290 g/mol. The van der Waals surface area contributed by atoms with Crippen molar-refractivity contribution >= 4 is 39.1 Å². The molecule has 102 valence electrons. The van der Waals surface area contributed by atoms with Crippen LogP contribution in [0, 0.1) is 0 Å². The molecule has 20 heavy (non-hydrogen) atoms. The summed E-state index contributed by atoms with van der Waals surface area (Å²) in [6.45, 7) is 0.588. The Morgan fingerprint density at radius 3 is 2.85 bits per heavy atom. The lowest BCUT2D eigenvalue weighted by atomic mass is 10.2. The number of nitrogen functional groups attached to an aromatic ring is 1. The third-order valence-corrected chi connectivity index (χ3v) is 4.25. The number of aromatic nitrogens is 2. The van der Waals surface area contributed by atoms with E-state index in [2.05, 4.69) is 9.97 Å². The molecule has 0 spiro atoms. The zero-order valence-electron chi connectivity index (χ0n) is 10.7. The van der Waals surface area contributed by atoms with Crippen LogP contribution in [0.3, 0.4) is 0 Å². The van der Waals surface area contributed by atoms with Crippen molar-refractivity contribution in [2.45, 2.75) is 11.8 Å². The van der Waals surface area contributed by atoms with E-state index in [0.29, 0.717) is 23.5 Å². The maximum absolute atomic E-state index is 5.90.